The molecule has 84 valence electrons. The van der Waals surface area contributed by atoms with Gasteiger partial charge in [-0.15, -0.1) is 0 Å². The van der Waals surface area contributed by atoms with Crippen LogP contribution in [0.25, 0.3) is 0 Å². The fourth-order valence-corrected chi connectivity index (χ4v) is 1.41. The van der Waals surface area contributed by atoms with E-state index in [1.807, 2.05) is 34.6 Å². The maximum Gasteiger partial charge on any atom is 0.256 e. The number of hydrogen-bond donors (Lipinski definition) is 2. The van der Waals surface area contributed by atoms with E-state index in [9.17, 15) is 4.79 Å². The lowest BCUT2D eigenvalue weighted by Gasteiger charge is -2.18. The second-order valence-electron chi connectivity index (χ2n) is 5.12. The summed E-state index contributed by atoms with van der Waals surface area (Å²) < 4.78 is 0. The highest BCUT2D eigenvalue weighted by molar-refractivity contribution is 5.40. The molecule has 0 aliphatic heterocycles. The van der Waals surface area contributed by atoms with Gasteiger partial charge in [-0.05, 0) is 5.92 Å². The smallest absolute Gasteiger partial charge is 0.256 e. The molecule has 4 heteroatoms. The zero-order chi connectivity index (χ0) is 11.8. The Morgan fingerprint density at radius 3 is 2.20 bits per heavy atom. The largest absolute Gasteiger partial charge is 0.383 e. The van der Waals surface area contributed by atoms with E-state index in [4.69, 9.17) is 5.73 Å². The minimum Gasteiger partial charge on any atom is -0.383 e. The molecule has 0 saturated heterocycles. The molecule has 0 atom stereocenters. The van der Waals surface area contributed by atoms with Gasteiger partial charge in [-0.25, -0.2) is 4.98 Å². The minimum atomic E-state index is -0.192. The van der Waals surface area contributed by atoms with Gasteiger partial charge in [-0.3, -0.25) is 4.79 Å². The summed E-state index contributed by atoms with van der Waals surface area (Å²) in [5.41, 5.74) is 6.05. The van der Waals surface area contributed by atoms with Crippen LogP contribution >= 0.6 is 0 Å². The topological polar surface area (TPSA) is 71.8 Å². The van der Waals surface area contributed by atoms with Crippen molar-refractivity contribution in [1.29, 1.82) is 0 Å². The van der Waals surface area contributed by atoms with Crippen LogP contribution in [0.2, 0.25) is 0 Å². The number of nitrogens with zero attached hydrogens (tertiary/aromatic N) is 1. The third-order valence-corrected chi connectivity index (χ3v) is 2.27. The van der Waals surface area contributed by atoms with Crippen LogP contribution in [0.15, 0.2) is 4.79 Å². The molecule has 0 saturated carbocycles. The van der Waals surface area contributed by atoms with Crippen LogP contribution < -0.4 is 11.3 Å². The lowest BCUT2D eigenvalue weighted by molar-refractivity contribution is 0.541. The average molecular weight is 209 g/mol. The maximum atomic E-state index is 11.8. The summed E-state index contributed by atoms with van der Waals surface area (Å²) in [4.78, 5) is 18.8. The van der Waals surface area contributed by atoms with Crippen LogP contribution in [0.5, 0.6) is 0 Å². The molecular formula is C11H19N3O. The number of hydrogen-bond acceptors (Lipinski definition) is 3. The van der Waals surface area contributed by atoms with Crippen molar-refractivity contribution in [2.75, 3.05) is 5.73 Å². The van der Waals surface area contributed by atoms with Crippen LogP contribution in [0.3, 0.4) is 0 Å². The number of nitrogen functional groups attached to an aromatic ring is 1. The molecule has 1 aromatic heterocycles. The molecular weight excluding hydrogens is 190 g/mol. The normalized spacial score (nSPS) is 12.1. The molecule has 0 unspecified atom stereocenters. The summed E-state index contributed by atoms with van der Waals surface area (Å²) in [6.45, 7) is 9.82. The lowest BCUT2D eigenvalue weighted by Crippen LogP contribution is -2.26. The molecule has 3 N–H and O–H groups in total. The van der Waals surface area contributed by atoms with Crippen LogP contribution in [-0.4, -0.2) is 9.97 Å². The molecule has 0 radical (unpaired) electrons. The third kappa shape index (κ3) is 2.37. The predicted molar refractivity (Wildman–Crippen MR) is 62.1 cm³/mol. The summed E-state index contributed by atoms with van der Waals surface area (Å²) in [5, 5.41) is 0. The van der Waals surface area contributed by atoms with Crippen molar-refractivity contribution >= 4 is 5.82 Å². The lowest BCUT2D eigenvalue weighted by atomic mass is 9.95. The zero-order valence-electron chi connectivity index (χ0n) is 10.0. The van der Waals surface area contributed by atoms with Crippen molar-refractivity contribution in [2.24, 2.45) is 0 Å². The van der Waals surface area contributed by atoms with Crippen molar-refractivity contribution in [1.82, 2.24) is 9.97 Å². The second-order valence-corrected chi connectivity index (χ2v) is 5.12. The summed E-state index contributed by atoms with van der Waals surface area (Å²) in [5.74, 6) is 1.07. The molecule has 0 amide bonds. The number of rotatable bonds is 1. The van der Waals surface area contributed by atoms with Crippen LogP contribution in [0.1, 0.15) is 51.9 Å². The van der Waals surface area contributed by atoms with Gasteiger partial charge >= 0.3 is 0 Å². The van der Waals surface area contributed by atoms with Gasteiger partial charge in [0, 0.05) is 5.41 Å². The van der Waals surface area contributed by atoms with E-state index in [0.717, 1.165) is 0 Å². The van der Waals surface area contributed by atoms with Crippen LogP contribution in [0, 0.1) is 0 Å². The Hall–Kier alpha value is -1.32. The standard InChI is InChI=1S/C11H19N3O/c1-6(2)7-8(12)13-10(11(3,4)5)14-9(7)15/h6H,1-5H3,(H3,12,13,14,15). The summed E-state index contributed by atoms with van der Waals surface area (Å²) in [7, 11) is 0. The van der Waals surface area contributed by atoms with Gasteiger partial charge in [-0.1, -0.05) is 34.6 Å². The van der Waals surface area contributed by atoms with E-state index in [-0.39, 0.29) is 16.9 Å². The minimum absolute atomic E-state index is 0.0928. The molecule has 15 heavy (non-hydrogen) atoms. The van der Waals surface area contributed by atoms with Gasteiger partial charge in [-0.2, -0.15) is 0 Å². The zero-order valence-corrected chi connectivity index (χ0v) is 10.0. The number of aromatic amines is 1. The van der Waals surface area contributed by atoms with Crippen molar-refractivity contribution in [2.45, 2.75) is 46.0 Å². The Bertz CT molecular complexity index is 413. The molecule has 0 bridgehead atoms. The van der Waals surface area contributed by atoms with Gasteiger partial charge in [0.1, 0.15) is 11.6 Å². The highest BCUT2D eigenvalue weighted by Gasteiger charge is 2.20. The van der Waals surface area contributed by atoms with Crippen molar-refractivity contribution in [3.8, 4) is 0 Å². The van der Waals surface area contributed by atoms with E-state index in [1.54, 1.807) is 0 Å². The Kier molecular flexibility index (Phi) is 2.88. The number of H-pyrrole nitrogens is 1. The highest BCUT2D eigenvalue weighted by atomic mass is 16.1. The number of aromatic nitrogens is 2. The highest BCUT2D eigenvalue weighted by Crippen LogP contribution is 2.21. The van der Waals surface area contributed by atoms with Gasteiger partial charge in [0.25, 0.3) is 5.56 Å². The van der Waals surface area contributed by atoms with Crippen LogP contribution in [-0.2, 0) is 5.41 Å². The quantitative estimate of drug-likeness (QED) is 0.740. The number of anilines is 1. The molecule has 1 aromatic rings. The fraction of sp³-hybridized carbons (Fsp3) is 0.636. The van der Waals surface area contributed by atoms with Gasteiger partial charge < -0.3 is 10.7 Å². The first-order chi connectivity index (χ1) is 6.73. The fourth-order valence-electron chi connectivity index (χ4n) is 1.41. The maximum absolute atomic E-state index is 11.8. The molecule has 4 nitrogen and oxygen atoms in total. The van der Waals surface area contributed by atoms with E-state index in [2.05, 4.69) is 9.97 Å². The monoisotopic (exact) mass is 209 g/mol. The molecule has 0 aromatic carbocycles. The van der Waals surface area contributed by atoms with Crippen molar-refractivity contribution in [3.05, 3.63) is 21.7 Å². The summed E-state index contributed by atoms with van der Waals surface area (Å²) in [6, 6.07) is 0. The Labute approximate surface area is 89.9 Å². The Balaban J connectivity index is 3.39. The molecule has 1 heterocycles. The molecule has 0 aliphatic rings. The Morgan fingerprint density at radius 2 is 1.87 bits per heavy atom. The van der Waals surface area contributed by atoms with E-state index in [1.165, 1.54) is 0 Å². The molecule has 1 rings (SSSR count). The summed E-state index contributed by atoms with van der Waals surface area (Å²) >= 11 is 0. The van der Waals surface area contributed by atoms with Crippen molar-refractivity contribution < 1.29 is 0 Å². The first kappa shape index (κ1) is 11.8. The van der Waals surface area contributed by atoms with E-state index in [0.29, 0.717) is 17.2 Å². The third-order valence-electron chi connectivity index (χ3n) is 2.27. The SMILES string of the molecule is CC(C)c1c(N)nc(C(C)(C)C)[nH]c1=O. The van der Waals surface area contributed by atoms with E-state index < -0.39 is 0 Å². The second kappa shape index (κ2) is 3.68. The summed E-state index contributed by atoms with van der Waals surface area (Å²) in [6.07, 6.45) is 0. The Morgan fingerprint density at radius 1 is 1.33 bits per heavy atom. The number of nitrogens with one attached hydrogen (secondary N) is 1. The van der Waals surface area contributed by atoms with E-state index >= 15 is 0 Å². The number of nitrogens with two attached hydrogens (primary N) is 1. The first-order valence-corrected chi connectivity index (χ1v) is 5.13. The molecule has 0 spiro atoms. The average Bonchev–Trinajstić information content (AvgIpc) is 1.99. The van der Waals surface area contributed by atoms with Gasteiger partial charge in [0.05, 0.1) is 5.56 Å². The van der Waals surface area contributed by atoms with Gasteiger partial charge in [0.15, 0.2) is 0 Å². The molecule has 0 fully saturated rings. The van der Waals surface area contributed by atoms with Gasteiger partial charge in [0.2, 0.25) is 0 Å². The van der Waals surface area contributed by atoms with Crippen LogP contribution in [0.4, 0.5) is 5.82 Å². The predicted octanol–water partition coefficient (Wildman–Crippen LogP) is 1.77. The molecule has 0 aliphatic carbocycles. The van der Waals surface area contributed by atoms with Crippen molar-refractivity contribution in [3.63, 3.8) is 0 Å². The first-order valence-electron chi connectivity index (χ1n) is 5.13.